The van der Waals surface area contributed by atoms with Gasteiger partial charge < -0.3 is 0 Å². The van der Waals surface area contributed by atoms with Crippen molar-refractivity contribution in [3.8, 4) is 0 Å². The zero-order valence-electron chi connectivity index (χ0n) is 1.47. The van der Waals surface area contributed by atoms with Crippen LogP contribution in [-0.4, -0.2) is 0 Å². The van der Waals surface area contributed by atoms with Crippen molar-refractivity contribution in [3.05, 3.63) is 0 Å². The van der Waals surface area contributed by atoms with Gasteiger partial charge in [-0.25, -0.2) is 0 Å². The zero-order chi connectivity index (χ0) is 0. The Bertz CT molecular complexity index is 3.25. The molecule has 0 heterocycles. The van der Waals surface area contributed by atoms with Gasteiger partial charge in [-0.15, -0.1) is 0 Å². The van der Waals surface area contributed by atoms with Gasteiger partial charge in [-0.05, 0) is 0 Å². The maximum atomic E-state index is 0. The average Bonchev–Trinajstić information content (AvgIpc) is 0. The van der Waals surface area contributed by atoms with Crippen molar-refractivity contribution < 1.29 is 71.3 Å². The van der Waals surface area contributed by atoms with Crippen LogP contribution in [0, 0.1) is 0 Å². The molecule has 0 unspecified atom stereocenters. The topological polar surface area (TPSA) is 0 Å². The molecule has 0 aromatic carbocycles. The van der Waals surface area contributed by atoms with Crippen molar-refractivity contribution in [2.45, 2.75) is 0 Å². The Labute approximate surface area is 70.6 Å². The molecule has 0 N–H and O–H groups in total. The molecule has 4 heteroatoms. The van der Waals surface area contributed by atoms with Crippen LogP contribution in [0.25, 0.3) is 0 Å². The predicted molar refractivity (Wildman–Crippen MR) is 0 cm³/mol. The maximum Gasteiger partial charge on any atom is 0 e. The van der Waals surface area contributed by atoms with Gasteiger partial charge in [-0.1, -0.05) is 0 Å². The number of rotatable bonds is 0. The van der Waals surface area contributed by atoms with E-state index in [1.165, 1.54) is 0 Å². The minimum atomic E-state index is 0. The normalized spacial score (nSPS) is 0. The van der Waals surface area contributed by atoms with Gasteiger partial charge in [0.1, 0.15) is 0 Å². The van der Waals surface area contributed by atoms with Crippen molar-refractivity contribution >= 4 is 0 Å². The minimum Gasteiger partial charge on any atom is 0 e. The summed E-state index contributed by atoms with van der Waals surface area (Å²) in [6, 6.07) is 0. The molecule has 0 atom stereocenters. The molecule has 0 bridgehead atoms. The average molecular weight is 357 g/mol. The summed E-state index contributed by atoms with van der Waals surface area (Å²) in [7, 11) is 0. The quantitative estimate of drug-likeness (QED) is 0.536. The Morgan fingerprint density at radius 2 is 0.500 bits per heavy atom. The number of hydrogen-bond donors (Lipinski definition) is 0. The third kappa shape index (κ3) is 8.88. The molecule has 0 aliphatic carbocycles. The zero-order valence-corrected chi connectivity index (χ0v) is 7.40. The second kappa shape index (κ2) is 18.9. The predicted octanol–water partition coefficient (Wildman–Crippen LogP) is -0.0100. The second-order valence-corrected chi connectivity index (χ2v) is 0. The van der Waals surface area contributed by atoms with Gasteiger partial charge in [-0.3, -0.25) is 0 Å². The Morgan fingerprint density at radius 1 is 0.500 bits per heavy atom. The maximum absolute atomic E-state index is 0. The third-order valence-electron chi connectivity index (χ3n) is 0. The van der Waals surface area contributed by atoms with Gasteiger partial charge in [0.2, 0.25) is 0 Å². The van der Waals surface area contributed by atoms with E-state index >= 15 is 0 Å². The molecule has 0 saturated carbocycles. The molecule has 0 fully saturated rings. The first-order valence-corrected chi connectivity index (χ1v) is 0. The number of hydrogen-bond acceptors (Lipinski definition) is 0. The van der Waals surface area contributed by atoms with Gasteiger partial charge in [0.05, 0.1) is 0 Å². The Kier molecular flexibility index (Phi) is 163. The van der Waals surface area contributed by atoms with Crippen LogP contribution in [0.5, 0.6) is 0 Å². The van der Waals surface area contributed by atoms with Crippen LogP contribution < -0.4 is 0 Å². The van der Waals surface area contributed by atoms with E-state index in [2.05, 4.69) is 0 Å². The molecular formula is IrMn3. The molecule has 4 radical (unpaired) electrons. The molecule has 0 aliphatic rings. The molecule has 0 nitrogen and oxygen atoms in total. The Balaban J connectivity index is 0. The van der Waals surface area contributed by atoms with Gasteiger partial charge in [0.15, 0.2) is 0 Å². The smallest absolute Gasteiger partial charge is 0 e. The fraction of sp³-hybridized carbons (Fsp3) is 0. The van der Waals surface area contributed by atoms with Gasteiger partial charge >= 0.3 is 0 Å². The molecule has 4 heavy (non-hydrogen) atoms. The Morgan fingerprint density at radius 3 is 0.500 bits per heavy atom. The van der Waals surface area contributed by atoms with E-state index in [-0.39, 0.29) is 71.3 Å². The van der Waals surface area contributed by atoms with E-state index in [4.69, 9.17) is 0 Å². The monoisotopic (exact) mass is 358 g/mol. The fourth-order valence-electron chi connectivity index (χ4n) is 0. The summed E-state index contributed by atoms with van der Waals surface area (Å²) in [6.07, 6.45) is 0. The summed E-state index contributed by atoms with van der Waals surface area (Å²) < 4.78 is 0. The Hall–Kier alpha value is 2.21. The van der Waals surface area contributed by atoms with Crippen molar-refractivity contribution in [1.82, 2.24) is 0 Å². The first kappa shape index (κ1) is 34.5. The van der Waals surface area contributed by atoms with Gasteiger partial charge in [-0.2, -0.15) is 0 Å². The first-order chi connectivity index (χ1) is 0. The summed E-state index contributed by atoms with van der Waals surface area (Å²) in [4.78, 5) is 0. The molecule has 0 spiro atoms. The van der Waals surface area contributed by atoms with Crippen LogP contribution in [-0.2, 0) is 71.3 Å². The SMILES string of the molecule is [Ir].[Mn].[Mn].[Mn]. The molecule has 0 saturated heterocycles. The van der Waals surface area contributed by atoms with Crippen molar-refractivity contribution in [2.24, 2.45) is 0 Å². The van der Waals surface area contributed by atoms with Crippen LogP contribution in [0.1, 0.15) is 0 Å². The molecule has 0 aliphatic heterocycles. The second-order valence-electron chi connectivity index (χ2n) is 0. The van der Waals surface area contributed by atoms with Gasteiger partial charge in [0, 0.05) is 71.3 Å². The summed E-state index contributed by atoms with van der Waals surface area (Å²) in [5, 5.41) is 0. The standard InChI is InChI=1S/Ir.3Mn. The summed E-state index contributed by atoms with van der Waals surface area (Å²) >= 11 is 0. The first-order valence-electron chi connectivity index (χ1n) is 0. The molecule has 30 valence electrons. The van der Waals surface area contributed by atoms with Crippen LogP contribution in [0.3, 0.4) is 0 Å². The van der Waals surface area contributed by atoms with Crippen LogP contribution in [0.15, 0.2) is 0 Å². The van der Waals surface area contributed by atoms with Crippen molar-refractivity contribution in [1.29, 1.82) is 0 Å². The summed E-state index contributed by atoms with van der Waals surface area (Å²) in [5.74, 6) is 0. The summed E-state index contributed by atoms with van der Waals surface area (Å²) in [6.45, 7) is 0. The van der Waals surface area contributed by atoms with Crippen molar-refractivity contribution in [2.75, 3.05) is 0 Å². The van der Waals surface area contributed by atoms with E-state index in [0.717, 1.165) is 0 Å². The largest absolute Gasteiger partial charge is 0 e. The van der Waals surface area contributed by atoms with Crippen LogP contribution in [0.2, 0.25) is 0 Å². The summed E-state index contributed by atoms with van der Waals surface area (Å²) in [5.41, 5.74) is 0. The molecule has 0 aromatic rings. The molecule has 0 aromatic heterocycles. The van der Waals surface area contributed by atoms with E-state index in [0.29, 0.717) is 0 Å². The van der Waals surface area contributed by atoms with Gasteiger partial charge in [0.25, 0.3) is 0 Å². The van der Waals surface area contributed by atoms with Crippen LogP contribution in [0.4, 0.5) is 0 Å². The molecule has 0 rings (SSSR count). The van der Waals surface area contributed by atoms with Crippen LogP contribution >= 0.6 is 0 Å². The van der Waals surface area contributed by atoms with E-state index in [1.54, 1.807) is 0 Å². The van der Waals surface area contributed by atoms with E-state index in [9.17, 15) is 0 Å². The van der Waals surface area contributed by atoms with E-state index in [1.807, 2.05) is 0 Å². The minimum absolute atomic E-state index is 0. The molecular weight excluding hydrogens is 357 g/mol. The van der Waals surface area contributed by atoms with E-state index < -0.39 is 0 Å². The fourth-order valence-corrected chi connectivity index (χ4v) is 0. The third-order valence-corrected chi connectivity index (χ3v) is 0. The van der Waals surface area contributed by atoms with Crippen molar-refractivity contribution in [3.63, 3.8) is 0 Å². The molecule has 0 amide bonds.